The second-order valence-electron chi connectivity index (χ2n) is 5.71. The minimum atomic E-state index is 0.421. The summed E-state index contributed by atoms with van der Waals surface area (Å²) >= 11 is 7.77. The van der Waals surface area contributed by atoms with Crippen molar-refractivity contribution < 1.29 is 0 Å². The number of halogens is 1. The molecule has 0 aliphatic heterocycles. The standard InChI is InChI=1S/C17H21ClN4S/c1-3-19-17(21-10-16-20-9-11(2)23-16)22-15-8-14(15)12-5-4-6-13(18)7-12/h4-7,9,14-15H,3,8,10H2,1-2H3,(H2,19,21,22). The molecule has 1 heterocycles. The van der Waals surface area contributed by atoms with Crippen molar-refractivity contribution in [1.82, 2.24) is 15.6 Å². The number of aromatic nitrogens is 1. The highest BCUT2D eigenvalue weighted by Crippen LogP contribution is 2.41. The molecular formula is C17H21ClN4S. The molecule has 0 saturated heterocycles. The molecule has 1 aliphatic carbocycles. The lowest BCUT2D eigenvalue weighted by Gasteiger charge is -2.11. The van der Waals surface area contributed by atoms with Crippen molar-refractivity contribution in [2.45, 2.75) is 38.8 Å². The summed E-state index contributed by atoms with van der Waals surface area (Å²) in [4.78, 5) is 10.2. The SMILES string of the molecule is CCNC(=NCc1ncc(C)s1)NC1CC1c1cccc(Cl)c1. The van der Waals surface area contributed by atoms with E-state index in [-0.39, 0.29) is 0 Å². The lowest BCUT2D eigenvalue weighted by molar-refractivity contribution is 0.794. The third-order valence-electron chi connectivity index (χ3n) is 3.78. The number of nitrogens with zero attached hydrogens (tertiary/aromatic N) is 2. The molecule has 1 saturated carbocycles. The van der Waals surface area contributed by atoms with Crippen LogP contribution in [0.5, 0.6) is 0 Å². The summed E-state index contributed by atoms with van der Waals surface area (Å²) in [6.07, 6.45) is 3.01. The number of aryl methyl sites for hydroxylation is 1. The van der Waals surface area contributed by atoms with Crippen molar-refractivity contribution in [1.29, 1.82) is 0 Å². The van der Waals surface area contributed by atoms with Crippen molar-refractivity contribution in [3.63, 3.8) is 0 Å². The summed E-state index contributed by atoms with van der Waals surface area (Å²) in [5, 5.41) is 8.66. The van der Waals surface area contributed by atoms with Crippen LogP contribution in [0.25, 0.3) is 0 Å². The number of thiazole rings is 1. The summed E-state index contributed by atoms with van der Waals surface area (Å²) in [6.45, 7) is 5.60. The van der Waals surface area contributed by atoms with E-state index in [0.29, 0.717) is 18.5 Å². The fraction of sp³-hybridized carbons (Fsp3) is 0.412. The number of guanidine groups is 1. The molecule has 2 unspecified atom stereocenters. The molecule has 3 rings (SSSR count). The van der Waals surface area contributed by atoms with Gasteiger partial charge >= 0.3 is 0 Å². The molecule has 2 aromatic rings. The predicted octanol–water partition coefficient (Wildman–Crippen LogP) is 3.72. The van der Waals surface area contributed by atoms with Crippen LogP contribution in [-0.2, 0) is 6.54 Å². The lowest BCUT2D eigenvalue weighted by Crippen LogP contribution is -2.39. The summed E-state index contributed by atoms with van der Waals surface area (Å²) in [6, 6.07) is 8.54. The number of rotatable bonds is 5. The van der Waals surface area contributed by atoms with Gasteiger partial charge in [0.2, 0.25) is 0 Å². The topological polar surface area (TPSA) is 49.3 Å². The molecule has 0 spiro atoms. The first-order chi connectivity index (χ1) is 11.2. The van der Waals surface area contributed by atoms with E-state index in [1.807, 2.05) is 18.3 Å². The Balaban J connectivity index is 1.60. The first-order valence-electron chi connectivity index (χ1n) is 7.87. The molecule has 1 aromatic carbocycles. The van der Waals surface area contributed by atoms with Crippen molar-refractivity contribution in [2.75, 3.05) is 6.54 Å². The Morgan fingerprint density at radius 1 is 1.48 bits per heavy atom. The maximum Gasteiger partial charge on any atom is 0.191 e. The Morgan fingerprint density at radius 3 is 3.04 bits per heavy atom. The van der Waals surface area contributed by atoms with Crippen LogP contribution in [0.3, 0.4) is 0 Å². The van der Waals surface area contributed by atoms with Crippen LogP contribution in [0, 0.1) is 6.92 Å². The van der Waals surface area contributed by atoms with Crippen LogP contribution in [0.1, 0.15) is 34.7 Å². The van der Waals surface area contributed by atoms with Gasteiger partial charge in [-0.05, 0) is 38.0 Å². The fourth-order valence-corrected chi connectivity index (χ4v) is 3.49. The largest absolute Gasteiger partial charge is 0.357 e. The predicted molar refractivity (Wildman–Crippen MR) is 97.4 cm³/mol. The normalized spacial score (nSPS) is 20.4. The molecule has 1 aliphatic rings. The molecule has 0 bridgehead atoms. The lowest BCUT2D eigenvalue weighted by atomic mass is 10.1. The summed E-state index contributed by atoms with van der Waals surface area (Å²) < 4.78 is 0. The van der Waals surface area contributed by atoms with Gasteiger partial charge in [0.1, 0.15) is 5.01 Å². The molecule has 23 heavy (non-hydrogen) atoms. The zero-order valence-electron chi connectivity index (χ0n) is 13.3. The average molecular weight is 349 g/mol. The number of benzene rings is 1. The third kappa shape index (κ3) is 4.45. The smallest absolute Gasteiger partial charge is 0.191 e. The van der Waals surface area contributed by atoms with Crippen molar-refractivity contribution in [2.24, 2.45) is 4.99 Å². The van der Waals surface area contributed by atoms with Crippen LogP contribution >= 0.6 is 22.9 Å². The van der Waals surface area contributed by atoms with E-state index in [2.05, 4.69) is 46.6 Å². The number of hydrogen-bond acceptors (Lipinski definition) is 3. The average Bonchev–Trinajstić information content (AvgIpc) is 3.17. The minimum Gasteiger partial charge on any atom is -0.357 e. The first-order valence-corrected chi connectivity index (χ1v) is 9.06. The van der Waals surface area contributed by atoms with Gasteiger partial charge in [0.05, 0.1) is 6.54 Å². The van der Waals surface area contributed by atoms with Gasteiger partial charge in [0.25, 0.3) is 0 Å². The Hall–Kier alpha value is -1.59. The van der Waals surface area contributed by atoms with Crippen LogP contribution in [0.4, 0.5) is 0 Å². The maximum atomic E-state index is 6.08. The van der Waals surface area contributed by atoms with E-state index in [9.17, 15) is 0 Å². The van der Waals surface area contributed by atoms with E-state index in [4.69, 9.17) is 11.6 Å². The van der Waals surface area contributed by atoms with Gasteiger partial charge in [-0.15, -0.1) is 11.3 Å². The van der Waals surface area contributed by atoms with Gasteiger partial charge in [-0.1, -0.05) is 23.7 Å². The zero-order chi connectivity index (χ0) is 16.2. The van der Waals surface area contributed by atoms with Crippen LogP contribution < -0.4 is 10.6 Å². The monoisotopic (exact) mass is 348 g/mol. The molecule has 6 heteroatoms. The van der Waals surface area contributed by atoms with E-state index in [1.165, 1.54) is 10.4 Å². The van der Waals surface area contributed by atoms with E-state index in [1.54, 1.807) is 11.3 Å². The maximum absolute atomic E-state index is 6.08. The van der Waals surface area contributed by atoms with Crippen molar-refractivity contribution in [3.8, 4) is 0 Å². The van der Waals surface area contributed by atoms with Gasteiger partial charge in [0, 0.05) is 34.6 Å². The molecular weight excluding hydrogens is 328 g/mol. The summed E-state index contributed by atoms with van der Waals surface area (Å²) in [5.74, 6) is 1.37. The van der Waals surface area contributed by atoms with Crippen LogP contribution in [0.2, 0.25) is 5.02 Å². The number of hydrogen-bond donors (Lipinski definition) is 2. The van der Waals surface area contributed by atoms with Crippen molar-refractivity contribution >= 4 is 28.9 Å². The second-order valence-corrected chi connectivity index (χ2v) is 7.46. The molecule has 122 valence electrons. The van der Waals surface area contributed by atoms with Gasteiger partial charge in [-0.2, -0.15) is 0 Å². The van der Waals surface area contributed by atoms with E-state index in [0.717, 1.165) is 29.0 Å². The Labute approximate surface area is 146 Å². The molecule has 4 nitrogen and oxygen atoms in total. The fourth-order valence-electron chi connectivity index (χ4n) is 2.58. The molecule has 1 fully saturated rings. The molecule has 0 radical (unpaired) electrons. The zero-order valence-corrected chi connectivity index (χ0v) is 14.9. The van der Waals surface area contributed by atoms with Gasteiger partial charge < -0.3 is 10.6 Å². The van der Waals surface area contributed by atoms with Crippen molar-refractivity contribution in [3.05, 3.63) is 50.9 Å². The number of aliphatic imine (C=N–C) groups is 1. The minimum absolute atomic E-state index is 0.421. The second kappa shape index (κ2) is 7.32. The van der Waals surface area contributed by atoms with Gasteiger partial charge in [0.15, 0.2) is 5.96 Å². The van der Waals surface area contributed by atoms with Gasteiger partial charge in [-0.25, -0.2) is 9.98 Å². The Bertz CT molecular complexity index is 697. The van der Waals surface area contributed by atoms with Gasteiger partial charge in [-0.3, -0.25) is 0 Å². The highest BCUT2D eigenvalue weighted by molar-refractivity contribution is 7.11. The molecule has 2 atom stereocenters. The Morgan fingerprint density at radius 2 is 2.35 bits per heavy atom. The summed E-state index contributed by atoms with van der Waals surface area (Å²) in [7, 11) is 0. The van der Waals surface area contributed by atoms with Crippen LogP contribution in [-0.4, -0.2) is 23.5 Å². The summed E-state index contributed by atoms with van der Waals surface area (Å²) in [5.41, 5.74) is 1.29. The van der Waals surface area contributed by atoms with E-state index >= 15 is 0 Å². The molecule has 2 N–H and O–H groups in total. The quantitative estimate of drug-likeness (QED) is 0.639. The highest BCUT2D eigenvalue weighted by Gasteiger charge is 2.39. The van der Waals surface area contributed by atoms with E-state index < -0.39 is 0 Å². The highest BCUT2D eigenvalue weighted by atomic mass is 35.5. The molecule has 0 amide bonds. The molecule has 1 aromatic heterocycles. The third-order valence-corrected chi connectivity index (χ3v) is 4.91. The number of nitrogens with one attached hydrogen (secondary N) is 2. The first kappa shape index (κ1) is 16.3. The Kier molecular flexibility index (Phi) is 5.18. The van der Waals surface area contributed by atoms with Crippen LogP contribution in [0.15, 0.2) is 35.5 Å².